The van der Waals surface area contributed by atoms with Crippen molar-refractivity contribution in [2.75, 3.05) is 19.3 Å². The number of carbonyl (C=O) groups excluding carboxylic acids is 2. The fourth-order valence-electron chi connectivity index (χ4n) is 4.86. The molecule has 0 aliphatic carbocycles. The molecule has 4 heterocycles. The molecule has 196 valence electrons. The van der Waals surface area contributed by atoms with Crippen molar-refractivity contribution in [2.24, 2.45) is 0 Å². The number of benzene rings is 1. The summed E-state index contributed by atoms with van der Waals surface area (Å²) in [5, 5.41) is 0.605. The summed E-state index contributed by atoms with van der Waals surface area (Å²) < 4.78 is 23.7. The van der Waals surface area contributed by atoms with E-state index in [9.17, 15) is 18.0 Å². The van der Waals surface area contributed by atoms with E-state index >= 15 is 0 Å². The van der Waals surface area contributed by atoms with Gasteiger partial charge in [0.05, 0.1) is 33.9 Å². The number of likely N-dealkylation sites (tertiary alicyclic amines) is 1. The number of aromatic nitrogens is 3. The van der Waals surface area contributed by atoms with Gasteiger partial charge in [-0.3, -0.25) is 19.6 Å². The predicted octanol–water partition coefficient (Wildman–Crippen LogP) is 4.47. The van der Waals surface area contributed by atoms with Crippen molar-refractivity contribution in [3.63, 3.8) is 0 Å². The summed E-state index contributed by atoms with van der Waals surface area (Å²) in [6.07, 6.45) is 6.95. The third-order valence-electron chi connectivity index (χ3n) is 6.90. The number of Topliss-reactive ketones (excluding diaryl/α,β-unsaturated/α-hetero) is 1. The van der Waals surface area contributed by atoms with Gasteiger partial charge < -0.3 is 9.88 Å². The molecule has 1 amide bonds. The van der Waals surface area contributed by atoms with Crippen LogP contribution in [0.3, 0.4) is 0 Å². The van der Waals surface area contributed by atoms with E-state index in [1.807, 2.05) is 13.0 Å². The first-order chi connectivity index (χ1) is 18.7. The SMILES string of the molecule is [C-]#[N+]C(=C1CCN(C(=O)C(=O)c2c[nH]c3c(-c4ccc(S(C)(=O)=O)cc4)ncc(C)c23)CC1)c1ccccn1. The zero-order chi connectivity index (χ0) is 27.7. The van der Waals surface area contributed by atoms with E-state index in [1.54, 1.807) is 36.7 Å². The lowest BCUT2D eigenvalue weighted by Gasteiger charge is -2.28. The Morgan fingerprint density at radius 3 is 2.38 bits per heavy atom. The summed E-state index contributed by atoms with van der Waals surface area (Å²) in [7, 11) is -3.34. The van der Waals surface area contributed by atoms with Crippen molar-refractivity contribution < 1.29 is 18.0 Å². The van der Waals surface area contributed by atoms with E-state index in [4.69, 9.17) is 6.57 Å². The van der Waals surface area contributed by atoms with Crippen LogP contribution < -0.4 is 0 Å². The normalized spacial score (nSPS) is 13.8. The topological polar surface area (TPSA) is 117 Å². The van der Waals surface area contributed by atoms with Crippen molar-refractivity contribution in [3.05, 3.63) is 94.9 Å². The average molecular weight is 540 g/mol. The summed E-state index contributed by atoms with van der Waals surface area (Å²) in [4.78, 5) is 44.0. The van der Waals surface area contributed by atoms with Crippen molar-refractivity contribution in [1.82, 2.24) is 19.9 Å². The Balaban J connectivity index is 1.40. The minimum atomic E-state index is -3.34. The summed E-state index contributed by atoms with van der Waals surface area (Å²) in [5.41, 5.74) is 4.88. The number of aryl methyl sites for hydroxylation is 1. The molecule has 4 aromatic rings. The Morgan fingerprint density at radius 2 is 1.77 bits per heavy atom. The molecule has 1 aliphatic heterocycles. The number of hydrogen-bond acceptors (Lipinski definition) is 6. The number of fused-ring (bicyclic) bond motifs is 1. The largest absolute Gasteiger partial charge is 0.359 e. The third-order valence-corrected chi connectivity index (χ3v) is 8.03. The first-order valence-corrected chi connectivity index (χ1v) is 14.2. The lowest BCUT2D eigenvalue weighted by Crippen LogP contribution is -2.40. The number of rotatable bonds is 5. The molecule has 0 unspecified atom stereocenters. The quantitative estimate of drug-likeness (QED) is 0.227. The van der Waals surface area contributed by atoms with Gasteiger partial charge in [-0.1, -0.05) is 23.8 Å². The first kappa shape index (κ1) is 26.0. The molecular formula is C29H25N5O4S. The second-order valence-corrected chi connectivity index (χ2v) is 11.5. The number of sulfone groups is 1. The van der Waals surface area contributed by atoms with Crippen molar-refractivity contribution in [3.8, 4) is 11.3 Å². The summed E-state index contributed by atoms with van der Waals surface area (Å²) in [6, 6.07) is 11.8. The van der Waals surface area contributed by atoms with Gasteiger partial charge in [0, 0.05) is 48.9 Å². The smallest absolute Gasteiger partial charge is 0.295 e. The lowest BCUT2D eigenvalue weighted by molar-refractivity contribution is -0.126. The summed E-state index contributed by atoms with van der Waals surface area (Å²) in [5.74, 6) is -1.20. The lowest BCUT2D eigenvalue weighted by atomic mass is 9.98. The Labute approximate surface area is 226 Å². The third kappa shape index (κ3) is 4.96. The molecule has 1 N–H and O–H groups in total. The number of H-pyrrole nitrogens is 1. The number of piperidine rings is 1. The Morgan fingerprint density at radius 1 is 1.05 bits per heavy atom. The highest BCUT2D eigenvalue weighted by Crippen LogP contribution is 2.32. The molecule has 1 saturated heterocycles. The van der Waals surface area contributed by atoms with Crippen LogP contribution in [0.2, 0.25) is 0 Å². The van der Waals surface area contributed by atoms with Crippen LogP contribution in [0.25, 0.3) is 32.7 Å². The molecule has 9 nitrogen and oxygen atoms in total. The van der Waals surface area contributed by atoms with E-state index in [2.05, 4.69) is 19.8 Å². The molecule has 0 spiro atoms. The van der Waals surface area contributed by atoms with Crippen LogP contribution in [0.15, 0.2) is 71.5 Å². The van der Waals surface area contributed by atoms with Gasteiger partial charge in [0.2, 0.25) is 5.70 Å². The highest BCUT2D eigenvalue weighted by atomic mass is 32.2. The van der Waals surface area contributed by atoms with Crippen molar-refractivity contribution in [1.29, 1.82) is 0 Å². The maximum Gasteiger partial charge on any atom is 0.295 e. The second kappa shape index (κ2) is 10.3. The average Bonchev–Trinajstić information content (AvgIpc) is 3.40. The zero-order valence-electron chi connectivity index (χ0n) is 21.4. The van der Waals surface area contributed by atoms with Crippen LogP contribution in [0.1, 0.15) is 34.5 Å². The number of amides is 1. The molecular weight excluding hydrogens is 514 g/mol. The van der Waals surface area contributed by atoms with E-state index in [0.717, 1.165) is 17.4 Å². The number of ketones is 1. The van der Waals surface area contributed by atoms with Gasteiger partial charge in [-0.2, -0.15) is 0 Å². The molecule has 0 radical (unpaired) electrons. The van der Waals surface area contributed by atoms with Gasteiger partial charge in [-0.05, 0) is 49.6 Å². The molecule has 0 bridgehead atoms. The highest BCUT2D eigenvalue weighted by Gasteiger charge is 2.29. The minimum Gasteiger partial charge on any atom is -0.359 e. The van der Waals surface area contributed by atoms with Gasteiger partial charge in [0.25, 0.3) is 11.7 Å². The van der Waals surface area contributed by atoms with E-state index in [0.29, 0.717) is 59.5 Å². The van der Waals surface area contributed by atoms with Crippen LogP contribution in [0.5, 0.6) is 0 Å². The Bertz CT molecular complexity index is 1770. The van der Waals surface area contributed by atoms with Gasteiger partial charge >= 0.3 is 0 Å². The molecule has 5 rings (SSSR count). The highest BCUT2D eigenvalue weighted by molar-refractivity contribution is 7.90. The number of carbonyl (C=O) groups is 2. The van der Waals surface area contributed by atoms with Crippen LogP contribution in [-0.2, 0) is 14.6 Å². The molecule has 1 aliphatic rings. The van der Waals surface area contributed by atoms with E-state index in [1.165, 1.54) is 23.2 Å². The predicted molar refractivity (Wildman–Crippen MR) is 147 cm³/mol. The standard InChI is InChI=1S/C29H25N5O4S/c1-18-16-32-26(19-7-9-21(10-8-19)39(3,37)38)27-24(18)22(17-33-27)28(35)29(36)34-14-11-20(12-15-34)25(30-2)23-6-4-5-13-31-23/h4-10,13,16-17,33H,11-12,14-15H2,1,3H3. The summed E-state index contributed by atoms with van der Waals surface area (Å²) >= 11 is 0. The summed E-state index contributed by atoms with van der Waals surface area (Å²) in [6.45, 7) is 10.1. The fraction of sp³-hybridized carbons (Fsp3) is 0.207. The molecule has 10 heteroatoms. The van der Waals surface area contributed by atoms with Crippen molar-refractivity contribution in [2.45, 2.75) is 24.7 Å². The Kier molecular flexibility index (Phi) is 6.85. The molecule has 1 aromatic carbocycles. The monoisotopic (exact) mass is 539 g/mol. The second-order valence-electron chi connectivity index (χ2n) is 9.44. The number of nitrogens with zero attached hydrogens (tertiary/aromatic N) is 4. The van der Waals surface area contributed by atoms with Gasteiger partial charge in [0.15, 0.2) is 9.84 Å². The Hall–Kier alpha value is -4.62. The maximum atomic E-state index is 13.4. The molecule has 0 saturated carbocycles. The van der Waals surface area contributed by atoms with Crippen LogP contribution in [0, 0.1) is 13.5 Å². The van der Waals surface area contributed by atoms with E-state index in [-0.39, 0.29) is 10.5 Å². The van der Waals surface area contributed by atoms with Crippen LogP contribution >= 0.6 is 0 Å². The maximum absolute atomic E-state index is 13.4. The zero-order valence-corrected chi connectivity index (χ0v) is 22.2. The molecule has 1 fully saturated rings. The van der Waals surface area contributed by atoms with Gasteiger partial charge in [0.1, 0.15) is 0 Å². The number of nitrogens with one attached hydrogen (secondary N) is 1. The first-order valence-electron chi connectivity index (χ1n) is 12.3. The fourth-order valence-corrected chi connectivity index (χ4v) is 5.49. The van der Waals surface area contributed by atoms with Crippen LogP contribution in [-0.4, -0.2) is 59.3 Å². The number of pyridine rings is 2. The van der Waals surface area contributed by atoms with Gasteiger partial charge in [-0.25, -0.2) is 13.3 Å². The molecule has 0 atom stereocenters. The number of hydrogen-bond donors (Lipinski definition) is 1. The van der Waals surface area contributed by atoms with Crippen LogP contribution in [0.4, 0.5) is 0 Å². The molecule has 3 aromatic heterocycles. The number of aromatic amines is 1. The van der Waals surface area contributed by atoms with Gasteiger partial charge in [-0.15, -0.1) is 0 Å². The van der Waals surface area contributed by atoms with Crippen molar-refractivity contribution >= 4 is 38.1 Å². The minimum absolute atomic E-state index is 0.200. The molecule has 39 heavy (non-hydrogen) atoms. The van der Waals surface area contributed by atoms with E-state index < -0.39 is 21.5 Å².